The number of aromatic carboxylic acids is 1. The molecule has 2 rings (SSSR count). The molecule has 1 N–H and O–H groups in total. The minimum absolute atomic E-state index is 0.107. The van der Waals surface area contributed by atoms with Crippen molar-refractivity contribution in [2.75, 3.05) is 38.1 Å². The van der Waals surface area contributed by atoms with Crippen LogP contribution in [0, 0.1) is 0 Å². The number of halogens is 1. The Morgan fingerprint density at radius 2 is 2.06 bits per heavy atom. The third-order valence-corrected chi connectivity index (χ3v) is 3.20. The van der Waals surface area contributed by atoms with Crippen LogP contribution in [-0.4, -0.2) is 54.2 Å². The molecule has 1 aromatic heterocycles. The van der Waals surface area contributed by atoms with Crippen LogP contribution in [0.1, 0.15) is 10.4 Å². The Kier molecular flexibility index (Phi) is 3.49. The van der Waals surface area contributed by atoms with Crippen LogP contribution in [0.4, 0.5) is 5.82 Å². The monoisotopic (exact) mass is 255 g/mol. The number of anilines is 1. The highest BCUT2D eigenvalue weighted by atomic mass is 35.5. The second-order valence-corrected chi connectivity index (χ2v) is 4.53. The van der Waals surface area contributed by atoms with Crippen LogP contribution in [-0.2, 0) is 0 Å². The maximum Gasteiger partial charge on any atom is 0.337 e. The molecule has 1 aliphatic rings. The number of aromatic nitrogens is 1. The second kappa shape index (κ2) is 4.89. The number of likely N-dealkylation sites (N-methyl/N-ethyl adjacent to an activating group) is 1. The molecule has 17 heavy (non-hydrogen) atoms. The van der Waals surface area contributed by atoms with Gasteiger partial charge in [0.2, 0.25) is 0 Å². The summed E-state index contributed by atoms with van der Waals surface area (Å²) >= 11 is 5.78. The van der Waals surface area contributed by atoms with Crippen LogP contribution in [0.25, 0.3) is 0 Å². The lowest BCUT2D eigenvalue weighted by molar-refractivity contribution is 0.0697. The minimum atomic E-state index is -1.02. The fourth-order valence-corrected chi connectivity index (χ4v) is 1.98. The smallest absolute Gasteiger partial charge is 0.337 e. The molecule has 2 heterocycles. The number of carboxylic acid groups (broad SMARTS) is 1. The number of hydrogen-bond acceptors (Lipinski definition) is 4. The molecule has 0 saturated carbocycles. The number of pyridine rings is 1. The van der Waals surface area contributed by atoms with Gasteiger partial charge in [-0.3, -0.25) is 0 Å². The summed E-state index contributed by atoms with van der Waals surface area (Å²) < 4.78 is 0. The maximum atomic E-state index is 11.0. The Labute approximate surface area is 105 Å². The molecule has 1 saturated heterocycles. The standard InChI is InChI=1S/C11H14ClN3O2/c1-14-2-4-15(5-3-14)10-6-8(11(16)17)9(12)7-13-10/h6-7H,2-5H2,1H3,(H,16,17). The zero-order valence-electron chi connectivity index (χ0n) is 9.56. The van der Waals surface area contributed by atoms with Crippen LogP contribution in [0.2, 0.25) is 5.02 Å². The van der Waals surface area contributed by atoms with Crippen molar-refractivity contribution in [2.24, 2.45) is 0 Å². The lowest BCUT2D eigenvalue weighted by Crippen LogP contribution is -2.44. The van der Waals surface area contributed by atoms with Gasteiger partial charge in [-0.05, 0) is 13.1 Å². The van der Waals surface area contributed by atoms with E-state index in [0.717, 1.165) is 26.2 Å². The molecule has 0 amide bonds. The van der Waals surface area contributed by atoms with Gasteiger partial charge in [0.1, 0.15) is 5.82 Å². The van der Waals surface area contributed by atoms with E-state index in [9.17, 15) is 4.79 Å². The molecule has 1 fully saturated rings. The number of nitrogens with zero attached hydrogens (tertiary/aromatic N) is 3. The highest BCUT2D eigenvalue weighted by Gasteiger charge is 2.18. The van der Waals surface area contributed by atoms with E-state index in [-0.39, 0.29) is 10.6 Å². The van der Waals surface area contributed by atoms with Gasteiger partial charge in [0, 0.05) is 32.4 Å². The lowest BCUT2D eigenvalue weighted by atomic mass is 10.2. The van der Waals surface area contributed by atoms with Gasteiger partial charge in [0.25, 0.3) is 0 Å². The molecule has 1 aromatic rings. The van der Waals surface area contributed by atoms with Gasteiger partial charge in [-0.2, -0.15) is 0 Å². The van der Waals surface area contributed by atoms with E-state index in [2.05, 4.69) is 21.8 Å². The number of piperazine rings is 1. The molecule has 0 unspecified atom stereocenters. The average Bonchev–Trinajstić information content (AvgIpc) is 2.30. The fourth-order valence-electron chi connectivity index (χ4n) is 1.80. The van der Waals surface area contributed by atoms with Crippen molar-refractivity contribution >= 4 is 23.4 Å². The first-order chi connectivity index (χ1) is 8.08. The highest BCUT2D eigenvalue weighted by Crippen LogP contribution is 2.21. The van der Waals surface area contributed by atoms with Crippen LogP contribution in [0.3, 0.4) is 0 Å². The van der Waals surface area contributed by atoms with Crippen molar-refractivity contribution in [3.8, 4) is 0 Å². The summed E-state index contributed by atoms with van der Waals surface area (Å²) in [6.45, 7) is 3.60. The summed E-state index contributed by atoms with van der Waals surface area (Å²) in [5, 5.41) is 9.17. The Balaban J connectivity index is 2.21. The molecule has 0 radical (unpaired) electrons. The minimum Gasteiger partial charge on any atom is -0.478 e. The molecule has 0 bridgehead atoms. The highest BCUT2D eigenvalue weighted by molar-refractivity contribution is 6.33. The molecule has 0 atom stereocenters. The number of carboxylic acids is 1. The molecule has 0 aromatic carbocycles. The summed E-state index contributed by atoms with van der Waals surface area (Å²) in [6.07, 6.45) is 1.40. The zero-order valence-corrected chi connectivity index (χ0v) is 10.3. The molecular formula is C11H14ClN3O2. The van der Waals surface area contributed by atoms with Gasteiger partial charge in [-0.15, -0.1) is 0 Å². The number of hydrogen-bond donors (Lipinski definition) is 1. The van der Waals surface area contributed by atoms with Crippen molar-refractivity contribution in [3.63, 3.8) is 0 Å². The first-order valence-electron chi connectivity index (χ1n) is 5.40. The SMILES string of the molecule is CN1CCN(c2cc(C(=O)O)c(Cl)cn2)CC1. The summed E-state index contributed by atoms with van der Waals surface area (Å²) in [7, 11) is 2.06. The predicted octanol–water partition coefficient (Wildman–Crippen LogP) is 1.18. The first-order valence-corrected chi connectivity index (χ1v) is 5.78. The van der Waals surface area contributed by atoms with E-state index in [0.29, 0.717) is 5.82 Å². The summed E-state index contributed by atoms with van der Waals surface area (Å²) in [6, 6.07) is 1.54. The van der Waals surface area contributed by atoms with Crippen molar-refractivity contribution < 1.29 is 9.90 Å². The molecule has 6 heteroatoms. The van der Waals surface area contributed by atoms with E-state index in [1.165, 1.54) is 12.3 Å². The molecule has 92 valence electrons. The number of rotatable bonds is 2. The molecule has 0 spiro atoms. The molecule has 5 nitrogen and oxygen atoms in total. The quantitative estimate of drug-likeness (QED) is 0.860. The van der Waals surface area contributed by atoms with Crippen molar-refractivity contribution in [1.29, 1.82) is 0 Å². The maximum absolute atomic E-state index is 11.0. The van der Waals surface area contributed by atoms with E-state index in [4.69, 9.17) is 16.7 Å². The lowest BCUT2D eigenvalue weighted by Gasteiger charge is -2.33. The third kappa shape index (κ3) is 2.68. The van der Waals surface area contributed by atoms with Gasteiger partial charge in [-0.1, -0.05) is 11.6 Å². The van der Waals surface area contributed by atoms with Gasteiger partial charge in [0.05, 0.1) is 10.6 Å². The normalized spacial score (nSPS) is 17.2. The van der Waals surface area contributed by atoms with Crippen molar-refractivity contribution in [1.82, 2.24) is 9.88 Å². The second-order valence-electron chi connectivity index (χ2n) is 4.12. The van der Waals surface area contributed by atoms with E-state index in [1.54, 1.807) is 0 Å². The van der Waals surface area contributed by atoms with Crippen molar-refractivity contribution in [2.45, 2.75) is 0 Å². The fraction of sp³-hybridized carbons (Fsp3) is 0.455. The van der Waals surface area contributed by atoms with Gasteiger partial charge in [-0.25, -0.2) is 9.78 Å². The van der Waals surface area contributed by atoms with Crippen LogP contribution < -0.4 is 4.90 Å². The largest absolute Gasteiger partial charge is 0.478 e. The summed E-state index contributed by atoms with van der Waals surface area (Å²) in [4.78, 5) is 19.5. The van der Waals surface area contributed by atoms with Crippen LogP contribution in [0.5, 0.6) is 0 Å². The predicted molar refractivity (Wildman–Crippen MR) is 65.9 cm³/mol. The average molecular weight is 256 g/mol. The van der Waals surface area contributed by atoms with Crippen LogP contribution in [0.15, 0.2) is 12.3 Å². The van der Waals surface area contributed by atoms with Gasteiger partial charge in [0.15, 0.2) is 0 Å². The molecule has 1 aliphatic heterocycles. The topological polar surface area (TPSA) is 56.7 Å². The van der Waals surface area contributed by atoms with E-state index in [1.807, 2.05) is 0 Å². The third-order valence-electron chi connectivity index (χ3n) is 2.90. The molecule has 0 aliphatic carbocycles. The zero-order chi connectivity index (χ0) is 12.4. The van der Waals surface area contributed by atoms with Crippen LogP contribution >= 0.6 is 11.6 Å². The van der Waals surface area contributed by atoms with E-state index < -0.39 is 5.97 Å². The Hall–Kier alpha value is -1.33. The van der Waals surface area contributed by atoms with Gasteiger partial charge >= 0.3 is 5.97 Å². The van der Waals surface area contributed by atoms with E-state index >= 15 is 0 Å². The van der Waals surface area contributed by atoms with Gasteiger partial charge < -0.3 is 14.9 Å². The Morgan fingerprint density at radius 3 is 2.65 bits per heavy atom. The Bertz CT molecular complexity index is 431. The summed E-state index contributed by atoms with van der Waals surface area (Å²) in [5.74, 6) is -0.340. The number of carbonyl (C=O) groups is 1. The van der Waals surface area contributed by atoms with Crippen molar-refractivity contribution in [3.05, 3.63) is 22.8 Å². The summed E-state index contributed by atoms with van der Waals surface area (Å²) in [5.41, 5.74) is 0.107. The first kappa shape index (κ1) is 12.1. The Morgan fingerprint density at radius 1 is 1.41 bits per heavy atom. The molecular weight excluding hydrogens is 242 g/mol.